The maximum absolute atomic E-state index is 13.0. The lowest BCUT2D eigenvalue weighted by atomic mass is 9.97. The van der Waals surface area contributed by atoms with Gasteiger partial charge < -0.3 is 65.1 Å². The Morgan fingerprint density at radius 1 is 0.604 bits per heavy atom. The molecular formula is C39H75NO13. The fourth-order valence-electron chi connectivity index (χ4n) is 7.06. The second kappa shape index (κ2) is 28.4. The number of nitrogens with one attached hydrogen (secondary N) is 1. The largest absolute Gasteiger partial charge is 0.394 e. The Labute approximate surface area is 317 Å². The van der Waals surface area contributed by atoms with Crippen molar-refractivity contribution in [1.82, 2.24) is 5.32 Å². The molecule has 2 rings (SSSR count). The van der Waals surface area contributed by atoms with Gasteiger partial charge in [-0.3, -0.25) is 4.79 Å². The van der Waals surface area contributed by atoms with E-state index < -0.39 is 86.8 Å². The number of ether oxygens (including phenoxy) is 4. The summed E-state index contributed by atoms with van der Waals surface area (Å²) in [5.41, 5.74) is 0. The minimum Gasteiger partial charge on any atom is -0.394 e. The molecule has 0 saturated carbocycles. The van der Waals surface area contributed by atoms with E-state index in [-0.39, 0.29) is 12.5 Å². The van der Waals surface area contributed by atoms with Crippen LogP contribution in [0.1, 0.15) is 149 Å². The Morgan fingerprint density at radius 3 is 1.60 bits per heavy atom. The Kier molecular flexibility index (Phi) is 25.8. The SMILES string of the molecule is CCCCCCCCCCCCCC(=O)NC(COC1OC(CO)C(OC2OC(CO)C(O)C(O)C2O)C(O)C1O)C(O)CCCCCCCCCC. The van der Waals surface area contributed by atoms with Gasteiger partial charge in [0.15, 0.2) is 12.6 Å². The predicted octanol–water partition coefficient (Wildman–Crippen LogP) is 2.70. The molecule has 0 aromatic carbocycles. The van der Waals surface area contributed by atoms with Crippen LogP contribution in [0.3, 0.4) is 0 Å². The fraction of sp³-hybridized carbons (Fsp3) is 0.974. The summed E-state index contributed by atoms with van der Waals surface area (Å²) in [7, 11) is 0. The molecule has 53 heavy (non-hydrogen) atoms. The zero-order chi connectivity index (χ0) is 39.0. The van der Waals surface area contributed by atoms with Crippen LogP contribution in [0.15, 0.2) is 0 Å². The van der Waals surface area contributed by atoms with Gasteiger partial charge in [-0.1, -0.05) is 129 Å². The first-order valence-electron chi connectivity index (χ1n) is 20.8. The molecule has 9 N–H and O–H groups in total. The van der Waals surface area contributed by atoms with Gasteiger partial charge in [-0.25, -0.2) is 0 Å². The molecule has 0 spiro atoms. The standard InChI is InChI=1S/C39H75NO13/c1-3-5-7-9-11-13-14-15-17-19-21-23-31(44)40-27(28(43)22-20-18-16-12-10-8-6-4-2)26-50-38-36(49)34(47)37(30(25-42)52-38)53-39-35(48)33(46)32(45)29(24-41)51-39/h27-30,32-39,41-43,45-49H,3-26H2,1-2H3,(H,40,44). The van der Waals surface area contributed by atoms with Crippen molar-refractivity contribution in [2.75, 3.05) is 19.8 Å². The molecule has 14 nitrogen and oxygen atoms in total. The van der Waals surface area contributed by atoms with E-state index in [4.69, 9.17) is 18.9 Å². The number of aliphatic hydroxyl groups is 8. The molecule has 0 bridgehead atoms. The topological polar surface area (TPSA) is 228 Å². The Bertz CT molecular complexity index is 915. The first kappa shape index (κ1) is 48.1. The van der Waals surface area contributed by atoms with Gasteiger partial charge in [-0.15, -0.1) is 0 Å². The molecule has 2 heterocycles. The van der Waals surface area contributed by atoms with E-state index in [1.807, 2.05) is 0 Å². The maximum Gasteiger partial charge on any atom is 0.220 e. The zero-order valence-corrected chi connectivity index (χ0v) is 32.5. The van der Waals surface area contributed by atoms with Crippen molar-refractivity contribution in [1.29, 1.82) is 0 Å². The first-order valence-corrected chi connectivity index (χ1v) is 20.8. The summed E-state index contributed by atoms with van der Waals surface area (Å²) in [6.45, 7) is 2.77. The second-order valence-electron chi connectivity index (χ2n) is 15.1. The Balaban J connectivity index is 1.92. The van der Waals surface area contributed by atoms with E-state index in [0.29, 0.717) is 12.8 Å². The molecule has 2 fully saturated rings. The Morgan fingerprint density at radius 2 is 1.08 bits per heavy atom. The van der Waals surface area contributed by atoms with Crippen LogP contribution in [-0.4, -0.2) is 140 Å². The van der Waals surface area contributed by atoms with E-state index in [9.17, 15) is 45.6 Å². The average molecular weight is 766 g/mol. The zero-order valence-electron chi connectivity index (χ0n) is 32.5. The highest BCUT2D eigenvalue weighted by Gasteiger charge is 2.50. The molecule has 14 heteroatoms. The molecule has 2 saturated heterocycles. The first-order chi connectivity index (χ1) is 25.6. The summed E-state index contributed by atoms with van der Waals surface area (Å²) in [4.78, 5) is 13.0. The number of unbranched alkanes of at least 4 members (excludes halogenated alkanes) is 17. The minimum absolute atomic E-state index is 0.212. The van der Waals surface area contributed by atoms with Crippen molar-refractivity contribution < 1.29 is 64.6 Å². The van der Waals surface area contributed by atoms with Gasteiger partial charge in [-0.2, -0.15) is 0 Å². The van der Waals surface area contributed by atoms with Crippen molar-refractivity contribution in [2.24, 2.45) is 0 Å². The van der Waals surface area contributed by atoms with Crippen molar-refractivity contribution >= 4 is 5.91 Å². The van der Waals surface area contributed by atoms with Gasteiger partial charge in [0.05, 0.1) is 32.0 Å². The van der Waals surface area contributed by atoms with Gasteiger partial charge in [0.25, 0.3) is 0 Å². The smallest absolute Gasteiger partial charge is 0.220 e. The van der Waals surface area contributed by atoms with E-state index in [2.05, 4.69) is 19.2 Å². The predicted molar refractivity (Wildman–Crippen MR) is 199 cm³/mol. The van der Waals surface area contributed by atoms with Gasteiger partial charge >= 0.3 is 0 Å². The number of carbonyl (C=O) groups is 1. The molecule has 1 amide bonds. The summed E-state index contributed by atoms with van der Waals surface area (Å²) < 4.78 is 22.6. The highest BCUT2D eigenvalue weighted by molar-refractivity contribution is 5.76. The molecule has 0 aliphatic carbocycles. The van der Waals surface area contributed by atoms with Crippen LogP contribution in [0, 0.1) is 0 Å². The van der Waals surface area contributed by atoms with Crippen LogP contribution >= 0.6 is 0 Å². The molecule has 0 aromatic heterocycles. The number of rotatable bonds is 30. The van der Waals surface area contributed by atoms with Crippen LogP contribution in [0.5, 0.6) is 0 Å². The van der Waals surface area contributed by atoms with Crippen LogP contribution < -0.4 is 5.32 Å². The van der Waals surface area contributed by atoms with Crippen molar-refractivity contribution in [2.45, 2.75) is 222 Å². The van der Waals surface area contributed by atoms with Gasteiger partial charge in [0.2, 0.25) is 5.91 Å². The lowest BCUT2D eigenvalue weighted by Gasteiger charge is -2.46. The lowest BCUT2D eigenvalue weighted by molar-refractivity contribution is -0.359. The van der Waals surface area contributed by atoms with Gasteiger partial charge in [0.1, 0.15) is 48.8 Å². The number of hydrogen-bond acceptors (Lipinski definition) is 13. The molecule has 2 aliphatic rings. The normalized spacial score (nSPS) is 30.3. The van der Waals surface area contributed by atoms with Crippen LogP contribution in [0.2, 0.25) is 0 Å². The lowest BCUT2D eigenvalue weighted by Crippen LogP contribution is -2.65. The third-order valence-electron chi connectivity index (χ3n) is 10.6. The van der Waals surface area contributed by atoms with E-state index in [1.54, 1.807) is 0 Å². The third-order valence-corrected chi connectivity index (χ3v) is 10.6. The van der Waals surface area contributed by atoms with Crippen molar-refractivity contribution in [3.8, 4) is 0 Å². The summed E-state index contributed by atoms with van der Waals surface area (Å²) in [5, 5.41) is 86.2. The average Bonchev–Trinajstić information content (AvgIpc) is 3.15. The van der Waals surface area contributed by atoms with E-state index >= 15 is 0 Å². The quantitative estimate of drug-likeness (QED) is 0.0480. The molecule has 2 aliphatic heterocycles. The molecule has 314 valence electrons. The number of aliphatic hydroxyl groups excluding tert-OH is 8. The highest BCUT2D eigenvalue weighted by atomic mass is 16.7. The van der Waals surface area contributed by atoms with Crippen LogP contribution in [-0.2, 0) is 23.7 Å². The summed E-state index contributed by atoms with van der Waals surface area (Å²) in [5.74, 6) is -0.212. The van der Waals surface area contributed by atoms with Gasteiger partial charge in [0, 0.05) is 6.42 Å². The fourth-order valence-corrected chi connectivity index (χ4v) is 7.06. The summed E-state index contributed by atoms with van der Waals surface area (Å²) >= 11 is 0. The summed E-state index contributed by atoms with van der Waals surface area (Å²) in [6, 6.07) is -0.816. The number of hydrogen-bond donors (Lipinski definition) is 9. The number of amides is 1. The Hall–Kier alpha value is -1.01. The molecule has 0 radical (unpaired) electrons. The van der Waals surface area contributed by atoms with Crippen molar-refractivity contribution in [3.05, 3.63) is 0 Å². The second-order valence-corrected chi connectivity index (χ2v) is 15.1. The van der Waals surface area contributed by atoms with Crippen LogP contribution in [0.25, 0.3) is 0 Å². The van der Waals surface area contributed by atoms with E-state index in [1.165, 1.54) is 70.6 Å². The number of carbonyl (C=O) groups excluding carboxylic acids is 1. The maximum atomic E-state index is 13.0. The van der Waals surface area contributed by atoms with E-state index in [0.717, 1.165) is 51.4 Å². The molecule has 12 unspecified atom stereocenters. The van der Waals surface area contributed by atoms with Crippen LogP contribution in [0.4, 0.5) is 0 Å². The summed E-state index contributed by atoms with van der Waals surface area (Å²) in [6.07, 6.45) is 5.71. The highest BCUT2D eigenvalue weighted by Crippen LogP contribution is 2.30. The molecular weight excluding hydrogens is 690 g/mol. The molecule has 12 atom stereocenters. The molecule has 0 aromatic rings. The van der Waals surface area contributed by atoms with Gasteiger partial charge in [-0.05, 0) is 12.8 Å². The minimum atomic E-state index is -1.78. The third kappa shape index (κ3) is 17.8. The van der Waals surface area contributed by atoms with Crippen molar-refractivity contribution in [3.63, 3.8) is 0 Å². The monoisotopic (exact) mass is 766 g/mol.